The molecule has 0 fully saturated rings. The molecule has 0 bridgehead atoms. The van der Waals surface area contributed by atoms with Crippen LogP contribution in [-0.2, 0) is 20.0 Å². The Balaban J connectivity index is 2.30. The van der Waals surface area contributed by atoms with Crippen molar-refractivity contribution in [1.29, 1.82) is 0 Å². The van der Waals surface area contributed by atoms with Gasteiger partial charge in [0.25, 0.3) is 0 Å². The fourth-order valence-corrected chi connectivity index (χ4v) is 2.89. The van der Waals surface area contributed by atoms with Gasteiger partial charge in [-0.3, -0.25) is 4.68 Å². The lowest BCUT2D eigenvalue weighted by Gasteiger charge is -2.12. The van der Waals surface area contributed by atoms with Crippen molar-refractivity contribution < 1.29 is 0 Å². The van der Waals surface area contributed by atoms with Crippen LogP contribution in [-0.4, -0.2) is 44.9 Å². The molecule has 0 aliphatic heterocycles. The molecule has 0 aliphatic rings. The Kier molecular flexibility index (Phi) is 5.27. The van der Waals surface area contributed by atoms with Crippen molar-refractivity contribution in [3.63, 3.8) is 0 Å². The summed E-state index contributed by atoms with van der Waals surface area (Å²) < 4.78 is 4.19. The molecule has 0 saturated heterocycles. The van der Waals surface area contributed by atoms with Crippen LogP contribution < -0.4 is 0 Å². The molecule has 0 radical (unpaired) electrons. The average Bonchev–Trinajstić information content (AvgIpc) is 2.93. The minimum Gasteiger partial charge on any atom is -0.312 e. The maximum atomic E-state index is 6.33. The Hall–Kier alpha value is -1.07. The highest BCUT2D eigenvalue weighted by Gasteiger charge is 2.20. The number of unbranched alkanes of at least 4 members (excludes halogenated alkanes) is 1. The standard InChI is InChI=1S/C15H26ClN5/c1-6-12-13-15(20(5)18-12)21(14(17-13)11(2)16)10-8-7-9-19(3)4/h11H,6-10H2,1-5H3. The van der Waals surface area contributed by atoms with E-state index in [1.54, 1.807) is 0 Å². The van der Waals surface area contributed by atoms with Gasteiger partial charge in [-0.15, -0.1) is 11.6 Å². The number of halogens is 1. The highest BCUT2D eigenvalue weighted by atomic mass is 35.5. The Morgan fingerprint density at radius 3 is 2.57 bits per heavy atom. The van der Waals surface area contributed by atoms with E-state index in [0.29, 0.717) is 0 Å². The number of imidazole rings is 1. The van der Waals surface area contributed by atoms with Gasteiger partial charge in [-0.25, -0.2) is 4.98 Å². The van der Waals surface area contributed by atoms with Crippen LogP contribution in [0.25, 0.3) is 11.2 Å². The molecule has 1 atom stereocenters. The van der Waals surface area contributed by atoms with Crippen molar-refractivity contribution in [2.75, 3.05) is 20.6 Å². The smallest absolute Gasteiger partial charge is 0.158 e. The summed E-state index contributed by atoms with van der Waals surface area (Å²) in [6.07, 6.45) is 3.18. The van der Waals surface area contributed by atoms with Crippen LogP contribution in [0.1, 0.15) is 43.6 Å². The van der Waals surface area contributed by atoms with E-state index in [9.17, 15) is 0 Å². The lowest BCUT2D eigenvalue weighted by Crippen LogP contribution is -2.14. The number of hydrogen-bond donors (Lipinski definition) is 0. The lowest BCUT2D eigenvalue weighted by atomic mass is 10.3. The van der Waals surface area contributed by atoms with E-state index < -0.39 is 0 Å². The minimum atomic E-state index is -0.0871. The predicted octanol–water partition coefficient (Wildman–Crippen LogP) is 2.97. The van der Waals surface area contributed by atoms with E-state index in [1.165, 1.54) is 6.42 Å². The first-order chi connectivity index (χ1) is 9.95. The molecule has 21 heavy (non-hydrogen) atoms. The van der Waals surface area contributed by atoms with E-state index in [4.69, 9.17) is 16.6 Å². The van der Waals surface area contributed by atoms with Crippen molar-refractivity contribution in [1.82, 2.24) is 24.2 Å². The Morgan fingerprint density at radius 2 is 2.00 bits per heavy atom. The molecule has 2 rings (SSSR count). The average molecular weight is 312 g/mol. The van der Waals surface area contributed by atoms with E-state index in [0.717, 1.165) is 48.6 Å². The minimum absolute atomic E-state index is 0.0871. The van der Waals surface area contributed by atoms with Gasteiger partial charge in [0.15, 0.2) is 5.65 Å². The molecule has 1 unspecified atom stereocenters. The summed E-state index contributed by atoms with van der Waals surface area (Å²) in [5, 5.41) is 4.48. The van der Waals surface area contributed by atoms with Crippen LogP contribution in [0.15, 0.2) is 0 Å². The van der Waals surface area contributed by atoms with Crippen LogP contribution in [0, 0.1) is 0 Å². The zero-order valence-electron chi connectivity index (χ0n) is 13.7. The predicted molar refractivity (Wildman–Crippen MR) is 87.9 cm³/mol. The van der Waals surface area contributed by atoms with Crippen molar-refractivity contribution in [3.8, 4) is 0 Å². The van der Waals surface area contributed by atoms with Gasteiger partial charge in [-0.05, 0) is 46.8 Å². The van der Waals surface area contributed by atoms with Gasteiger partial charge in [-0.1, -0.05) is 6.92 Å². The molecule has 2 aromatic heterocycles. The topological polar surface area (TPSA) is 38.9 Å². The summed E-state index contributed by atoms with van der Waals surface area (Å²) in [6.45, 7) is 6.15. The number of aromatic nitrogens is 4. The quantitative estimate of drug-likeness (QED) is 0.583. The largest absolute Gasteiger partial charge is 0.312 e. The third-order valence-corrected chi connectivity index (χ3v) is 3.94. The maximum Gasteiger partial charge on any atom is 0.158 e. The molecule has 2 aromatic rings. The first-order valence-corrected chi connectivity index (χ1v) is 8.10. The highest BCUT2D eigenvalue weighted by molar-refractivity contribution is 6.20. The Bertz CT molecular complexity index is 597. The fourth-order valence-electron chi connectivity index (χ4n) is 2.72. The maximum absolute atomic E-state index is 6.33. The molecule has 2 heterocycles. The molecule has 0 amide bonds. The molecule has 6 heteroatoms. The Morgan fingerprint density at radius 1 is 1.29 bits per heavy atom. The third-order valence-electron chi connectivity index (χ3n) is 3.75. The summed E-state index contributed by atoms with van der Waals surface area (Å²) in [7, 11) is 6.20. The van der Waals surface area contributed by atoms with Gasteiger partial charge in [0, 0.05) is 13.6 Å². The van der Waals surface area contributed by atoms with Crippen LogP contribution in [0.4, 0.5) is 0 Å². The van der Waals surface area contributed by atoms with Crippen LogP contribution >= 0.6 is 11.6 Å². The summed E-state index contributed by atoms with van der Waals surface area (Å²) in [5.74, 6) is 0.958. The van der Waals surface area contributed by atoms with Gasteiger partial charge >= 0.3 is 0 Å². The van der Waals surface area contributed by atoms with Crippen molar-refractivity contribution in [2.24, 2.45) is 7.05 Å². The molecule has 0 aliphatic carbocycles. The van der Waals surface area contributed by atoms with Crippen molar-refractivity contribution in [2.45, 2.75) is 45.0 Å². The number of hydrogen-bond acceptors (Lipinski definition) is 3. The number of fused-ring (bicyclic) bond motifs is 1. The van der Waals surface area contributed by atoms with E-state index >= 15 is 0 Å². The molecular weight excluding hydrogens is 286 g/mol. The molecule has 0 aromatic carbocycles. The third kappa shape index (κ3) is 3.40. The van der Waals surface area contributed by atoms with Crippen LogP contribution in [0.3, 0.4) is 0 Å². The second kappa shape index (κ2) is 6.79. The fraction of sp³-hybridized carbons (Fsp3) is 0.733. The number of alkyl halides is 1. The van der Waals surface area contributed by atoms with Crippen molar-refractivity contribution in [3.05, 3.63) is 11.5 Å². The van der Waals surface area contributed by atoms with E-state index in [-0.39, 0.29) is 5.38 Å². The number of rotatable bonds is 7. The van der Waals surface area contributed by atoms with Gasteiger partial charge in [-0.2, -0.15) is 5.10 Å². The molecular formula is C15H26ClN5. The van der Waals surface area contributed by atoms with Crippen LogP contribution in [0.2, 0.25) is 0 Å². The molecule has 118 valence electrons. The first-order valence-electron chi connectivity index (χ1n) is 7.66. The molecule has 0 spiro atoms. The van der Waals surface area contributed by atoms with Gasteiger partial charge in [0.1, 0.15) is 11.3 Å². The highest BCUT2D eigenvalue weighted by Crippen LogP contribution is 2.26. The Labute approximate surface area is 131 Å². The molecule has 0 saturated carbocycles. The lowest BCUT2D eigenvalue weighted by molar-refractivity contribution is 0.387. The van der Waals surface area contributed by atoms with Crippen LogP contribution in [0.5, 0.6) is 0 Å². The summed E-state index contributed by atoms with van der Waals surface area (Å²) >= 11 is 6.33. The summed E-state index contributed by atoms with van der Waals surface area (Å²) in [6, 6.07) is 0. The normalized spacial score (nSPS) is 13.5. The van der Waals surface area contributed by atoms with E-state index in [2.05, 4.69) is 35.6 Å². The van der Waals surface area contributed by atoms with Gasteiger partial charge in [0.05, 0.1) is 11.1 Å². The summed E-state index contributed by atoms with van der Waals surface area (Å²) in [5.41, 5.74) is 3.16. The summed E-state index contributed by atoms with van der Waals surface area (Å²) in [4.78, 5) is 6.97. The van der Waals surface area contributed by atoms with Crippen molar-refractivity contribution >= 4 is 22.8 Å². The zero-order chi connectivity index (χ0) is 15.6. The van der Waals surface area contributed by atoms with E-state index in [1.807, 2.05) is 18.7 Å². The second-order valence-electron chi connectivity index (χ2n) is 5.84. The number of nitrogens with zero attached hydrogens (tertiary/aromatic N) is 5. The second-order valence-corrected chi connectivity index (χ2v) is 6.50. The SMILES string of the molecule is CCc1nn(C)c2c1nc(C(C)Cl)n2CCCCN(C)C. The van der Waals surface area contributed by atoms with Gasteiger partial charge in [0.2, 0.25) is 0 Å². The zero-order valence-corrected chi connectivity index (χ0v) is 14.5. The first kappa shape index (κ1) is 16.3. The molecule has 5 nitrogen and oxygen atoms in total. The van der Waals surface area contributed by atoms with Gasteiger partial charge < -0.3 is 9.47 Å². The molecule has 0 N–H and O–H groups in total. The monoisotopic (exact) mass is 311 g/mol. The number of aryl methyl sites for hydroxylation is 3.